The Bertz CT molecular complexity index is 1730. The van der Waals surface area contributed by atoms with Gasteiger partial charge < -0.3 is 28.5 Å². The van der Waals surface area contributed by atoms with Crippen LogP contribution < -0.4 is 0 Å². The summed E-state index contributed by atoms with van der Waals surface area (Å²) in [4.78, 5) is 37.4. The van der Waals surface area contributed by atoms with Gasteiger partial charge in [-0.05, 0) is 103 Å². The number of quaternary nitrogens is 1. The second-order valence-electron chi connectivity index (χ2n) is 19.8. The number of hydrogen-bond donors (Lipinski definition) is 1. The Balaban J connectivity index is 4.32. The van der Waals surface area contributed by atoms with Crippen molar-refractivity contribution in [2.24, 2.45) is 0 Å². The zero-order valence-electron chi connectivity index (χ0n) is 47.9. The van der Waals surface area contributed by atoms with Crippen LogP contribution in [0.1, 0.15) is 194 Å². The van der Waals surface area contributed by atoms with E-state index in [4.69, 9.17) is 18.9 Å². The van der Waals surface area contributed by atoms with Gasteiger partial charge in [-0.2, -0.15) is 0 Å². The van der Waals surface area contributed by atoms with Gasteiger partial charge in [-0.25, -0.2) is 4.79 Å². The van der Waals surface area contributed by atoms with Gasteiger partial charge in [-0.3, -0.25) is 9.59 Å². The van der Waals surface area contributed by atoms with Crippen molar-refractivity contribution in [3.63, 3.8) is 0 Å². The van der Waals surface area contributed by atoms with Crippen LogP contribution >= 0.6 is 0 Å². The third-order valence-electron chi connectivity index (χ3n) is 11.6. The van der Waals surface area contributed by atoms with Crippen molar-refractivity contribution in [2.75, 3.05) is 47.5 Å². The maximum atomic E-state index is 12.9. The Morgan fingerprint density at radius 1 is 0.400 bits per heavy atom. The lowest BCUT2D eigenvalue weighted by Gasteiger charge is -2.25. The summed E-state index contributed by atoms with van der Waals surface area (Å²) in [6, 6.07) is 0. The number of carboxylic acid groups (broad SMARTS) is 1. The number of carbonyl (C=O) groups is 3. The molecule has 0 aliphatic carbocycles. The first kappa shape index (κ1) is 70.2. The minimum Gasteiger partial charge on any atom is -0.477 e. The molecule has 0 heterocycles. The summed E-state index contributed by atoms with van der Waals surface area (Å²) in [6.45, 7) is 4.54. The minimum atomic E-state index is -1.54. The lowest BCUT2D eigenvalue weighted by Crippen LogP contribution is -2.40. The zero-order chi connectivity index (χ0) is 54.8. The van der Waals surface area contributed by atoms with Gasteiger partial charge in [0, 0.05) is 12.8 Å². The molecule has 0 amide bonds. The summed E-state index contributed by atoms with van der Waals surface area (Å²) in [5.74, 6) is -2.14. The summed E-state index contributed by atoms with van der Waals surface area (Å²) < 4.78 is 22.8. The van der Waals surface area contributed by atoms with Crippen molar-refractivity contribution < 1.29 is 42.9 Å². The molecule has 0 aromatic heterocycles. The van der Waals surface area contributed by atoms with E-state index in [1.165, 1.54) is 57.8 Å². The van der Waals surface area contributed by atoms with Crippen LogP contribution in [0.25, 0.3) is 0 Å². The first-order valence-electron chi connectivity index (χ1n) is 29.0. The van der Waals surface area contributed by atoms with Crippen LogP contribution in [0.15, 0.2) is 146 Å². The van der Waals surface area contributed by atoms with Crippen molar-refractivity contribution in [1.29, 1.82) is 0 Å². The highest BCUT2D eigenvalue weighted by Gasteiger charge is 2.25. The third-order valence-corrected chi connectivity index (χ3v) is 11.6. The van der Waals surface area contributed by atoms with E-state index in [1.807, 2.05) is 33.3 Å². The van der Waals surface area contributed by atoms with Gasteiger partial charge in [0.05, 0.1) is 34.4 Å². The summed E-state index contributed by atoms with van der Waals surface area (Å²) in [6.07, 6.45) is 78.0. The smallest absolute Gasteiger partial charge is 0.361 e. The van der Waals surface area contributed by atoms with Crippen LogP contribution in [-0.2, 0) is 33.3 Å². The molecule has 0 rings (SSSR count). The fourth-order valence-corrected chi connectivity index (χ4v) is 7.22. The van der Waals surface area contributed by atoms with Gasteiger partial charge in [-0.15, -0.1) is 0 Å². The highest BCUT2D eigenvalue weighted by molar-refractivity contribution is 5.71. The van der Waals surface area contributed by atoms with Crippen molar-refractivity contribution >= 4 is 17.9 Å². The third kappa shape index (κ3) is 56.7. The van der Waals surface area contributed by atoms with Gasteiger partial charge >= 0.3 is 17.9 Å². The molecule has 75 heavy (non-hydrogen) atoms. The molecule has 2 unspecified atom stereocenters. The van der Waals surface area contributed by atoms with Crippen molar-refractivity contribution in [1.82, 2.24) is 0 Å². The van der Waals surface area contributed by atoms with Crippen LogP contribution in [-0.4, -0.2) is 87.4 Å². The molecule has 0 aliphatic heterocycles. The number of carbonyl (C=O) groups excluding carboxylic acids is 2. The molecule has 1 N–H and O–H groups in total. The number of hydrogen-bond acceptors (Lipinski definition) is 7. The number of unbranched alkanes of at least 4 members (excludes halogenated alkanes) is 12. The molecule has 2 atom stereocenters. The SMILES string of the molecule is CC/C=C\C/C=C\C/C=C\C/C=C\C/C=C\C/C=C\CCCCCCCCCCCCCCC(=O)OC(COC(=O)CC/C=C\C/C=C\C/C=C\C/C=C\C/C=C\C/C=C\CC)COC(OCC[N+](C)(C)C)C(=O)O. The molecule has 0 aromatic carbocycles. The summed E-state index contributed by atoms with van der Waals surface area (Å²) in [5, 5.41) is 9.70. The summed E-state index contributed by atoms with van der Waals surface area (Å²) >= 11 is 0. The zero-order valence-corrected chi connectivity index (χ0v) is 47.9. The van der Waals surface area contributed by atoms with E-state index in [1.54, 1.807) is 0 Å². The Morgan fingerprint density at radius 3 is 1.12 bits per heavy atom. The van der Waals surface area contributed by atoms with E-state index in [-0.39, 0.29) is 32.7 Å². The van der Waals surface area contributed by atoms with Crippen molar-refractivity contribution in [3.8, 4) is 0 Å². The number of ether oxygens (including phenoxy) is 4. The van der Waals surface area contributed by atoms with Crippen LogP contribution in [0.4, 0.5) is 0 Å². The molecule has 0 saturated carbocycles. The number of aliphatic carboxylic acids is 1. The average Bonchev–Trinajstić information content (AvgIpc) is 3.38. The van der Waals surface area contributed by atoms with Gasteiger partial charge in [0.15, 0.2) is 6.10 Å². The van der Waals surface area contributed by atoms with Gasteiger partial charge in [0.1, 0.15) is 13.2 Å². The fraction of sp³-hybridized carbons (Fsp3) is 0.591. The largest absolute Gasteiger partial charge is 0.477 e. The molecule has 0 fully saturated rings. The Labute approximate surface area is 458 Å². The summed E-state index contributed by atoms with van der Waals surface area (Å²) in [7, 11) is 5.93. The predicted octanol–water partition coefficient (Wildman–Crippen LogP) is 17.2. The Hall–Kier alpha value is -4.83. The predicted molar refractivity (Wildman–Crippen MR) is 317 cm³/mol. The second-order valence-corrected chi connectivity index (χ2v) is 19.8. The standard InChI is InChI=1S/C66H105NO8/c1-6-8-10-12-14-16-18-20-22-24-26-27-28-29-30-31-32-33-34-35-36-37-39-41-43-45-47-49-51-53-55-57-64(69)75-62(61-74-66(65(70)71)72-59-58-67(3,4)5)60-73-63(68)56-54-52-50-48-46-44-42-40-38-25-23-21-19-17-15-13-11-9-7-2/h8-11,14-17,20-23,26-27,29-30,32-33,38,40,44,46,50,52,62,66H,6-7,12-13,18-19,24-25,28,31,34-37,39,41-43,45,47-49,51,53-61H2,1-5H3/p+1/b10-8-,11-9-,16-14-,17-15-,22-20-,23-21-,27-26-,30-29-,33-32-,40-38-,46-44-,52-50-. The Morgan fingerprint density at radius 2 is 0.747 bits per heavy atom. The summed E-state index contributed by atoms with van der Waals surface area (Å²) in [5.41, 5.74) is 0. The molecule has 422 valence electrons. The highest BCUT2D eigenvalue weighted by Crippen LogP contribution is 2.14. The monoisotopic (exact) mass is 1040 g/mol. The normalized spacial score (nSPS) is 13.9. The molecule has 0 saturated heterocycles. The van der Waals surface area contributed by atoms with E-state index in [0.717, 1.165) is 96.3 Å². The van der Waals surface area contributed by atoms with Crippen LogP contribution in [0.5, 0.6) is 0 Å². The van der Waals surface area contributed by atoms with E-state index >= 15 is 0 Å². The second kappa shape index (κ2) is 55.4. The van der Waals surface area contributed by atoms with Gasteiger partial charge in [0.25, 0.3) is 6.29 Å². The molecular formula is C66H106NO8+. The van der Waals surface area contributed by atoms with Crippen molar-refractivity contribution in [3.05, 3.63) is 146 Å². The molecule has 0 bridgehead atoms. The number of esters is 2. The van der Waals surface area contributed by atoms with E-state index in [2.05, 4.69) is 148 Å². The maximum absolute atomic E-state index is 12.9. The molecule has 0 spiro atoms. The number of nitrogens with zero attached hydrogens (tertiary/aromatic N) is 1. The van der Waals surface area contributed by atoms with E-state index < -0.39 is 30.3 Å². The molecule has 9 heteroatoms. The molecule has 0 aliphatic rings. The minimum absolute atomic E-state index is 0.168. The number of rotatable bonds is 51. The maximum Gasteiger partial charge on any atom is 0.361 e. The Kier molecular flexibility index (Phi) is 51.8. The van der Waals surface area contributed by atoms with Crippen molar-refractivity contribution in [2.45, 2.75) is 206 Å². The molecular weight excluding hydrogens is 935 g/mol. The van der Waals surface area contributed by atoms with Crippen LogP contribution in [0, 0.1) is 0 Å². The van der Waals surface area contributed by atoms with Gasteiger partial charge in [0.2, 0.25) is 0 Å². The number of likely N-dealkylation sites (N-methyl/N-ethyl adjacent to an activating group) is 1. The van der Waals surface area contributed by atoms with Gasteiger partial charge in [-0.1, -0.05) is 224 Å². The van der Waals surface area contributed by atoms with Crippen LogP contribution in [0.3, 0.4) is 0 Å². The first-order valence-corrected chi connectivity index (χ1v) is 29.0. The molecule has 0 radical (unpaired) electrons. The topological polar surface area (TPSA) is 108 Å². The quantitative estimate of drug-likeness (QED) is 0.0211. The van der Waals surface area contributed by atoms with Crippen LogP contribution in [0.2, 0.25) is 0 Å². The van der Waals surface area contributed by atoms with E-state index in [9.17, 15) is 19.5 Å². The fourth-order valence-electron chi connectivity index (χ4n) is 7.22. The molecule has 9 nitrogen and oxygen atoms in total. The van der Waals surface area contributed by atoms with E-state index in [0.29, 0.717) is 23.9 Å². The number of allylic oxidation sites excluding steroid dienone is 24. The first-order chi connectivity index (χ1) is 36.6. The lowest BCUT2D eigenvalue weighted by atomic mass is 10.0. The average molecular weight is 1040 g/mol. The highest BCUT2D eigenvalue weighted by atomic mass is 16.7. The lowest BCUT2D eigenvalue weighted by molar-refractivity contribution is -0.870. The number of carboxylic acids is 1. The molecule has 0 aromatic rings.